The minimum atomic E-state index is -0.0699. The summed E-state index contributed by atoms with van der Waals surface area (Å²) in [4.78, 5) is 4.38. The molecule has 1 aromatic rings. The molecular formula is C13H25N3O2. The van der Waals surface area contributed by atoms with Crippen LogP contribution in [0.25, 0.3) is 0 Å². The number of rotatable bonds is 8. The van der Waals surface area contributed by atoms with Gasteiger partial charge in [-0.05, 0) is 31.2 Å². The fourth-order valence-electron chi connectivity index (χ4n) is 1.92. The first-order valence-electron chi connectivity index (χ1n) is 6.57. The molecule has 0 saturated carbocycles. The fraction of sp³-hybridized carbons (Fsp3) is 0.846. The second-order valence-corrected chi connectivity index (χ2v) is 5.38. The number of nitrogens with zero attached hydrogens (tertiary/aromatic N) is 2. The predicted molar refractivity (Wildman–Crippen MR) is 70.1 cm³/mol. The van der Waals surface area contributed by atoms with Crippen LogP contribution in [-0.2, 0) is 11.2 Å². The summed E-state index contributed by atoms with van der Waals surface area (Å²) < 4.78 is 10.5. The monoisotopic (exact) mass is 255 g/mol. The average Bonchev–Trinajstić information content (AvgIpc) is 2.77. The van der Waals surface area contributed by atoms with Crippen molar-refractivity contribution in [2.45, 2.75) is 52.6 Å². The molecule has 1 unspecified atom stereocenters. The molecule has 0 aliphatic carbocycles. The van der Waals surface area contributed by atoms with Crippen molar-refractivity contribution >= 4 is 0 Å². The van der Waals surface area contributed by atoms with E-state index in [1.807, 2.05) is 6.92 Å². The molecule has 104 valence electrons. The minimum absolute atomic E-state index is 0.0699. The number of hydrogen-bond acceptors (Lipinski definition) is 5. The lowest BCUT2D eigenvalue weighted by molar-refractivity contribution is 0.0903. The van der Waals surface area contributed by atoms with Crippen LogP contribution in [0.3, 0.4) is 0 Å². The van der Waals surface area contributed by atoms with Crippen LogP contribution in [0.15, 0.2) is 4.52 Å². The van der Waals surface area contributed by atoms with Gasteiger partial charge in [-0.25, -0.2) is 0 Å². The van der Waals surface area contributed by atoms with E-state index in [2.05, 4.69) is 24.0 Å². The Kier molecular flexibility index (Phi) is 5.75. The molecule has 5 nitrogen and oxygen atoms in total. The Morgan fingerprint density at radius 1 is 1.39 bits per heavy atom. The van der Waals surface area contributed by atoms with Crippen molar-refractivity contribution < 1.29 is 9.26 Å². The van der Waals surface area contributed by atoms with Crippen molar-refractivity contribution in [1.82, 2.24) is 10.1 Å². The maximum absolute atomic E-state index is 5.60. The quantitative estimate of drug-likeness (QED) is 0.772. The van der Waals surface area contributed by atoms with Crippen LogP contribution in [0.2, 0.25) is 0 Å². The number of hydrogen-bond donors (Lipinski definition) is 1. The molecule has 2 N–H and O–H groups in total. The van der Waals surface area contributed by atoms with Gasteiger partial charge in [-0.2, -0.15) is 4.98 Å². The number of aromatic nitrogens is 2. The highest BCUT2D eigenvalue weighted by Gasteiger charge is 2.20. The van der Waals surface area contributed by atoms with Gasteiger partial charge in [-0.15, -0.1) is 0 Å². The summed E-state index contributed by atoms with van der Waals surface area (Å²) >= 11 is 0. The molecule has 1 atom stereocenters. The first kappa shape index (κ1) is 15.1. The number of ether oxygens (including phenoxy) is 1. The molecule has 1 aromatic heterocycles. The van der Waals surface area contributed by atoms with Crippen LogP contribution in [0.5, 0.6) is 0 Å². The maximum atomic E-state index is 5.60. The topological polar surface area (TPSA) is 74.2 Å². The van der Waals surface area contributed by atoms with E-state index < -0.39 is 0 Å². The summed E-state index contributed by atoms with van der Waals surface area (Å²) in [5.74, 6) is 1.33. The number of methoxy groups -OCH3 is 1. The lowest BCUT2D eigenvalue weighted by Crippen LogP contribution is -2.17. The van der Waals surface area contributed by atoms with Gasteiger partial charge in [-0.1, -0.05) is 25.9 Å². The van der Waals surface area contributed by atoms with Gasteiger partial charge in [0.1, 0.15) is 6.10 Å². The van der Waals surface area contributed by atoms with E-state index in [0.29, 0.717) is 18.3 Å². The zero-order valence-electron chi connectivity index (χ0n) is 11.9. The number of aryl methyl sites for hydroxylation is 1. The van der Waals surface area contributed by atoms with Crippen molar-refractivity contribution in [3.05, 3.63) is 11.7 Å². The summed E-state index contributed by atoms with van der Waals surface area (Å²) in [6.45, 7) is 7.17. The molecule has 0 aromatic carbocycles. The second kappa shape index (κ2) is 6.85. The van der Waals surface area contributed by atoms with Crippen LogP contribution in [0, 0.1) is 5.41 Å². The number of nitrogens with two attached hydrogens (primary N) is 1. The van der Waals surface area contributed by atoms with Crippen LogP contribution in [0.1, 0.15) is 57.9 Å². The third-order valence-corrected chi connectivity index (χ3v) is 3.26. The van der Waals surface area contributed by atoms with Gasteiger partial charge in [0.2, 0.25) is 11.7 Å². The van der Waals surface area contributed by atoms with E-state index in [4.69, 9.17) is 15.0 Å². The van der Waals surface area contributed by atoms with E-state index >= 15 is 0 Å². The molecule has 0 fully saturated rings. The molecule has 0 saturated heterocycles. The molecule has 0 amide bonds. The lowest BCUT2D eigenvalue weighted by Gasteiger charge is -2.22. The molecule has 0 radical (unpaired) electrons. The highest BCUT2D eigenvalue weighted by Crippen LogP contribution is 2.26. The Labute approximate surface area is 109 Å². The molecule has 0 aliphatic rings. The lowest BCUT2D eigenvalue weighted by atomic mass is 9.84. The Bertz CT molecular complexity index is 346. The fourth-order valence-corrected chi connectivity index (χ4v) is 1.92. The van der Waals surface area contributed by atoms with E-state index in [1.165, 1.54) is 0 Å². The standard InChI is InChI=1S/C13H25N3O2/c1-5-10(17-4)12-15-11(18-16-12)6-7-13(2,3)8-9-14/h10H,5-9,14H2,1-4H3. The largest absolute Gasteiger partial charge is 0.373 e. The van der Waals surface area contributed by atoms with E-state index in [9.17, 15) is 0 Å². The van der Waals surface area contributed by atoms with E-state index in [-0.39, 0.29) is 11.5 Å². The average molecular weight is 255 g/mol. The van der Waals surface area contributed by atoms with Gasteiger partial charge < -0.3 is 15.0 Å². The van der Waals surface area contributed by atoms with E-state index in [1.54, 1.807) is 7.11 Å². The Morgan fingerprint density at radius 3 is 2.67 bits per heavy atom. The second-order valence-electron chi connectivity index (χ2n) is 5.38. The molecule has 0 aliphatic heterocycles. The Hall–Kier alpha value is -0.940. The molecule has 0 spiro atoms. The summed E-state index contributed by atoms with van der Waals surface area (Å²) in [5.41, 5.74) is 5.81. The molecule has 5 heteroatoms. The van der Waals surface area contributed by atoms with Crippen LogP contribution >= 0.6 is 0 Å². The highest BCUT2D eigenvalue weighted by atomic mass is 16.5. The zero-order valence-corrected chi connectivity index (χ0v) is 11.9. The van der Waals surface area contributed by atoms with Gasteiger partial charge in [0, 0.05) is 13.5 Å². The van der Waals surface area contributed by atoms with Gasteiger partial charge in [-0.3, -0.25) is 0 Å². The Balaban J connectivity index is 2.54. The third kappa shape index (κ3) is 4.38. The predicted octanol–water partition coefficient (Wildman–Crippen LogP) is 2.47. The van der Waals surface area contributed by atoms with Gasteiger partial charge >= 0.3 is 0 Å². The van der Waals surface area contributed by atoms with Gasteiger partial charge in [0.15, 0.2) is 0 Å². The first-order chi connectivity index (χ1) is 8.52. The normalized spacial score (nSPS) is 13.8. The van der Waals surface area contributed by atoms with Crippen LogP contribution in [-0.4, -0.2) is 23.8 Å². The molecule has 1 rings (SSSR count). The van der Waals surface area contributed by atoms with Crippen molar-refractivity contribution in [3.63, 3.8) is 0 Å². The highest BCUT2D eigenvalue weighted by molar-refractivity contribution is 4.92. The summed E-state index contributed by atoms with van der Waals surface area (Å²) in [7, 11) is 1.66. The Morgan fingerprint density at radius 2 is 2.11 bits per heavy atom. The smallest absolute Gasteiger partial charge is 0.226 e. The summed E-state index contributed by atoms with van der Waals surface area (Å²) in [5, 5.41) is 3.97. The molecular weight excluding hydrogens is 230 g/mol. The zero-order chi connectivity index (χ0) is 13.6. The molecule has 0 bridgehead atoms. The summed E-state index contributed by atoms with van der Waals surface area (Å²) in [6.07, 6.45) is 3.56. The van der Waals surface area contributed by atoms with Crippen LogP contribution < -0.4 is 5.73 Å². The van der Waals surface area contributed by atoms with Gasteiger partial charge in [0.05, 0.1) is 0 Å². The van der Waals surface area contributed by atoms with E-state index in [0.717, 1.165) is 25.7 Å². The minimum Gasteiger partial charge on any atom is -0.373 e. The first-order valence-corrected chi connectivity index (χ1v) is 6.57. The third-order valence-electron chi connectivity index (χ3n) is 3.26. The SMILES string of the molecule is CCC(OC)c1noc(CCC(C)(C)CCN)n1. The van der Waals surface area contributed by atoms with Crippen molar-refractivity contribution in [1.29, 1.82) is 0 Å². The van der Waals surface area contributed by atoms with Crippen molar-refractivity contribution in [3.8, 4) is 0 Å². The van der Waals surface area contributed by atoms with Gasteiger partial charge in [0.25, 0.3) is 0 Å². The van der Waals surface area contributed by atoms with Crippen LogP contribution in [0.4, 0.5) is 0 Å². The van der Waals surface area contributed by atoms with Crippen molar-refractivity contribution in [2.24, 2.45) is 11.1 Å². The summed E-state index contributed by atoms with van der Waals surface area (Å²) in [6, 6.07) is 0. The van der Waals surface area contributed by atoms with Crippen molar-refractivity contribution in [2.75, 3.05) is 13.7 Å². The maximum Gasteiger partial charge on any atom is 0.226 e. The molecule has 1 heterocycles. The molecule has 18 heavy (non-hydrogen) atoms.